The summed E-state index contributed by atoms with van der Waals surface area (Å²) in [5.74, 6) is -1.08. The molecule has 0 fully saturated rings. The Bertz CT molecular complexity index is 1380. The standard InChI is InChI=1S/C21H20N6O4/c1-12-15(21(30)31-4)10-22-18-16(11-23-26(12)18)19(28)24-17-13(2)25(3)27(20(17)29)14-8-6-5-7-9-14/h5-11H,1-4H3,(H,24,28). The van der Waals surface area contributed by atoms with E-state index in [1.807, 2.05) is 30.3 Å². The number of hydrogen-bond acceptors (Lipinski definition) is 6. The number of nitrogens with zero attached hydrogens (tertiary/aromatic N) is 5. The minimum Gasteiger partial charge on any atom is -0.465 e. The number of amides is 1. The molecule has 158 valence electrons. The van der Waals surface area contributed by atoms with Crippen LogP contribution in [0.15, 0.2) is 47.5 Å². The van der Waals surface area contributed by atoms with Gasteiger partial charge in [-0.25, -0.2) is 19.0 Å². The van der Waals surface area contributed by atoms with Crippen LogP contribution in [0.4, 0.5) is 5.69 Å². The van der Waals surface area contributed by atoms with Gasteiger partial charge in [0.2, 0.25) is 0 Å². The highest BCUT2D eigenvalue weighted by Crippen LogP contribution is 2.18. The number of carbonyl (C=O) groups excluding carboxylic acids is 2. The van der Waals surface area contributed by atoms with Crippen LogP contribution >= 0.6 is 0 Å². The molecule has 0 atom stereocenters. The molecule has 31 heavy (non-hydrogen) atoms. The second-order valence-corrected chi connectivity index (χ2v) is 6.93. The average molecular weight is 420 g/mol. The Morgan fingerprint density at radius 2 is 1.74 bits per heavy atom. The smallest absolute Gasteiger partial charge is 0.341 e. The summed E-state index contributed by atoms with van der Waals surface area (Å²) < 4.78 is 9.28. The Hall–Kier alpha value is -4.21. The molecule has 10 nitrogen and oxygen atoms in total. The molecule has 4 rings (SSSR count). The number of aryl methyl sites for hydroxylation is 1. The number of methoxy groups -OCH3 is 1. The first-order valence-electron chi connectivity index (χ1n) is 9.42. The van der Waals surface area contributed by atoms with Gasteiger partial charge in [-0.05, 0) is 26.0 Å². The molecule has 0 aliphatic rings. The first-order valence-corrected chi connectivity index (χ1v) is 9.42. The van der Waals surface area contributed by atoms with Crippen LogP contribution in [0, 0.1) is 13.8 Å². The van der Waals surface area contributed by atoms with E-state index >= 15 is 0 Å². The highest BCUT2D eigenvalue weighted by atomic mass is 16.5. The lowest BCUT2D eigenvalue weighted by Gasteiger charge is -2.07. The van der Waals surface area contributed by atoms with Crippen molar-refractivity contribution in [1.82, 2.24) is 24.0 Å². The van der Waals surface area contributed by atoms with E-state index in [0.717, 1.165) is 0 Å². The van der Waals surface area contributed by atoms with Gasteiger partial charge in [-0.1, -0.05) is 18.2 Å². The number of benzene rings is 1. The van der Waals surface area contributed by atoms with Crippen molar-refractivity contribution in [3.63, 3.8) is 0 Å². The molecule has 0 aliphatic heterocycles. The molecule has 0 saturated heterocycles. The predicted molar refractivity (Wildman–Crippen MR) is 113 cm³/mol. The molecule has 0 spiro atoms. The lowest BCUT2D eigenvalue weighted by Crippen LogP contribution is -2.23. The summed E-state index contributed by atoms with van der Waals surface area (Å²) in [6.07, 6.45) is 2.69. The molecule has 1 N–H and O–H groups in total. The third-order valence-corrected chi connectivity index (χ3v) is 5.21. The van der Waals surface area contributed by atoms with Crippen molar-refractivity contribution < 1.29 is 14.3 Å². The summed E-state index contributed by atoms with van der Waals surface area (Å²) in [5.41, 5.74) is 2.26. The second-order valence-electron chi connectivity index (χ2n) is 6.93. The molecule has 0 radical (unpaired) electrons. The van der Waals surface area contributed by atoms with Crippen molar-refractivity contribution in [3.05, 3.63) is 75.6 Å². The van der Waals surface area contributed by atoms with Gasteiger partial charge in [0.1, 0.15) is 11.3 Å². The SMILES string of the molecule is COC(=O)c1cnc2c(C(=O)Nc3c(C)n(C)n(-c4ccccc4)c3=O)cnn2c1C. The topological polar surface area (TPSA) is 113 Å². The number of fused-ring (bicyclic) bond motifs is 1. The fraction of sp³-hybridized carbons (Fsp3) is 0.190. The molecule has 0 bridgehead atoms. The number of nitrogens with one attached hydrogen (secondary N) is 1. The Labute approximate surface area is 176 Å². The van der Waals surface area contributed by atoms with Gasteiger partial charge in [0, 0.05) is 13.2 Å². The van der Waals surface area contributed by atoms with Gasteiger partial charge in [-0.15, -0.1) is 0 Å². The molecular formula is C21H20N6O4. The number of aromatic nitrogens is 5. The maximum atomic E-state index is 13.0. The van der Waals surface area contributed by atoms with Crippen LogP contribution in [0.3, 0.4) is 0 Å². The lowest BCUT2D eigenvalue weighted by molar-refractivity contribution is 0.0598. The van der Waals surface area contributed by atoms with Crippen LogP contribution in [0.25, 0.3) is 11.3 Å². The number of para-hydroxylation sites is 1. The number of hydrogen-bond donors (Lipinski definition) is 1. The normalized spacial score (nSPS) is 11.0. The molecule has 0 saturated carbocycles. The fourth-order valence-electron chi connectivity index (χ4n) is 3.41. The third-order valence-electron chi connectivity index (χ3n) is 5.21. The van der Waals surface area contributed by atoms with Crippen LogP contribution in [0.1, 0.15) is 32.1 Å². The fourth-order valence-corrected chi connectivity index (χ4v) is 3.41. The van der Waals surface area contributed by atoms with Crippen molar-refractivity contribution in [2.75, 3.05) is 12.4 Å². The van der Waals surface area contributed by atoms with E-state index < -0.39 is 11.9 Å². The number of anilines is 1. The van der Waals surface area contributed by atoms with E-state index in [1.54, 1.807) is 25.6 Å². The summed E-state index contributed by atoms with van der Waals surface area (Å²) in [6.45, 7) is 3.42. The largest absolute Gasteiger partial charge is 0.465 e. The summed E-state index contributed by atoms with van der Waals surface area (Å²) in [5, 5.41) is 6.86. The van der Waals surface area contributed by atoms with Crippen molar-refractivity contribution in [1.29, 1.82) is 0 Å². The van der Waals surface area contributed by atoms with Gasteiger partial charge in [0.25, 0.3) is 11.5 Å². The predicted octanol–water partition coefficient (Wildman–Crippen LogP) is 1.87. The van der Waals surface area contributed by atoms with E-state index in [0.29, 0.717) is 17.1 Å². The number of carbonyl (C=O) groups is 2. The number of rotatable bonds is 4. The average Bonchev–Trinajstić information content (AvgIpc) is 3.30. The van der Waals surface area contributed by atoms with Gasteiger partial charge in [0.15, 0.2) is 5.65 Å². The van der Waals surface area contributed by atoms with Crippen LogP contribution < -0.4 is 10.9 Å². The molecule has 1 aromatic carbocycles. The Kier molecular flexibility index (Phi) is 4.90. The van der Waals surface area contributed by atoms with E-state index in [-0.39, 0.29) is 28.0 Å². The molecule has 0 aliphatic carbocycles. The van der Waals surface area contributed by atoms with Crippen molar-refractivity contribution in [2.24, 2.45) is 7.05 Å². The van der Waals surface area contributed by atoms with Crippen molar-refractivity contribution in [2.45, 2.75) is 13.8 Å². The maximum Gasteiger partial charge on any atom is 0.341 e. The molecule has 10 heteroatoms. The zero-order chi connectivity index (χ0) is 22.3. The molecule has 3 aromatic heterocycles. The van der Waals surface area contributed by atoms with Crippen LogP contribution in [0.2, 0.25) is 0 Å². The molecule has 4 aromatic rings. The number of ether oxygens (including phenoxy) is 1. The van der Waals surface area contributed by atoms with Crippen molar-refractivity contribution >= 4 is 23.2 Å². The van der Waals surface area contributed by atoms with Gasteiger partial charge in [0.05, 0.1) is 35.9 Å². The summed E-state index contributed by atoms with van der Waals surface area (Å²) >= 11 is 0. The Balaban J connectivity index is 1.73. The first-order chi connectivity index (χ1) is 14.8. The zero-order valence-electron chi connectivity index (χ0n) is 17.4. The summed E-state index contributed by atoms with van der Waals surface area (Å²) in [6, 6.07) is 9.14. The van der Waals surface area contributed by atoms with Gasteiger partial charge in [-0.2, -0.15) is 5.10 Å². The third kappa shape index (κ3) is 3.18. The van der Waals surface area contributed by atoms with E-state index in [1.165, 1.54) is 28.7 Å². The van der Waals surface area contributed by atoms with Gasteiger partial charge >= 0.3 is 5.97 Å². The summed E-state index contributed by atoms with van der Waals surface area (Å²) in [4.78, 5) is 42.1. The second kappa shape index (κ2) is 7.56. The van der Waals surface area contributed by atoms with Crippen LogP contribution in [0.5, 0.6) is 0 Å². The molecule has 0 unspecified atom stereocenters. The van der Waals surface area contributed by atoms with Gasteiger partial charge in [-0.3, -0.25) is 14.3 Å². The highest BCUT2D eigenvalue weighted by molar-refractivity contribution is 6.08. The zero-order valence-corrected chi connectivity index (χ0v) is 17.4. The molecular weight excluding hydrogens is 400 g/mol. The summed E-state index contributed by atoms with van der Waals surface area (Å²) in [7, 11) is 3.02. The highest BCUT2D eigenvalue weighted by Gasteiger charge is 2.23. The minimum absolute atomic E-state index is 0.165. The Morgan fingerprint density at radius 3 is 2.42 bits per heavy atom. The van der Waals surface area contributed by atoms with Crippen LogP contribution in [-0.4, -0.2) is 42.9 Å². The van der Waals surface area contributed by atoms with E-state index in [9.17, 15) is 14.4 Å². The lowest BCUT2D eigenvalue weighted by atomic mass is 10.2. The van der Waals surface area contributed by atoms with E-state index in [4.69, 9.17) is 4.74 Å². The van der Waals surface area contributed by atoms with Gasteiger partial charge < -0.3 is 10.1 Å². The van der Waals surface area contributed by atoms with Crippen molar-refractivity contribution in [3.8, 4) is 5.69 Å². The number of esters is 1. The monoisotopic (exact) mass is 420 g/mol. The van der Waals surface area contributed by atoms with E-state index in [2.05, 4.69) is 15.4 Å². The van der Waals surface area contributed by atoms with Crippen LogP contribution in [-0.2, 0) is 11.8 Å². The maximum absolute atomic E-state index is 13.0. The quantitative estimate of drug-likeness (QED) is 0.505. The Morgan fingerprint density at radius 1 is 1.03 bits per heavy atom. The molecule has 3 heterocycles. The first kappa shape index (κ1) is 20.1. The minimum atomic E-state index is -0.547. The molecule has 1 amide bonds.